The predicted molar refractivity (Wildman–Crippen MR) is 148 cm³/mol. The fraction of sp³-hybridized carbons (Fsp3) is 0.400. The van der Waals surface area contributed by atoms with E-state index in [0.717, 1.165) is 23.1 Å². The van der Waals surface area contributed by atoms with Gasteiger partial charge in [0.2, 0.25) is 15.9 Å². The maximum atomic E-state index is 13.7. The van der Waals surface area contributed by atoms with Gasteiger partial charge >= 0.3 is 0 Å². The van der Waals surface area contributed by atoms with Gasteiger partial charge in [-0.15, -0.1) is 0 Å². The average Bonchev–Trinajstić information content (AvgIpc) is 3.28. The van der Waals surface area contributed by atoms with Crippen molar-refractivity contribution in [3.63, 3.8) is 0 Å². The van der Waals surface area contributed by atoms with E-state index in [1.807, 2.05) is 37.0 Å². The summed E-state index contributed by atoms with van der Waals surface area (Å²) >= 11 is 0. The minimum atomic E-state index is -3.82. The first-order chi connectivity index (χ1) is 18.1. The largest absolute Gasteiger partial charge is 0.355 e. The number of carbonyl (C=O) groups excluding carboxylic acids is 1. The molecule has 1 aromatic heterocycles. The van der Waals surface area contributed by atoms with Crippen molar-refractivity contribution in [2.45, 2.75) is 58.4 Å². The molecule has 0 N–H and O–H groups in total. The highest BCUT2D eigenvalue weighted by Gasteiger charge is 2.37. The Hall–Kier alpha value is -3.23. The summed E-state index contributed by atoms with van der Waals surface area (Å²) in [5.41, 5.74) is 7.29. The van der Waals surface area contributed by atoms with Crippen molar-refractivity contribution >= 4 is 28.1 Å². The number of hydrogen-bond acceptors (Lipinski definition) is 5. The van der Waals surface area contributed by atoms with Crippen LogP contribution in [0.1, 0.15) is 57.7 Å². The van der Waals surface area contributed by atoms with Crippen LogP contribution in [0, 0.1) is 33.6 Å². The zero-order valence-electron chi connectivity index (χ0n) is 22.5. The number of hydrogen-bond donors (Lipinski definition) is 0. The first-order valence-electron chi connectivity index (χ1n) is 13.2. The van der Waals surface area contributed by atoms with Crippen LogP contribution in [-0.2, 0) is 27.8 Å². The second-order valence-corrected chi connectivity index (χ2v) is 12.4. The number of aromatic nitrogens is 1. The summed E-state index contributed by atoms with van der Waals surface area (Å²) in [4.78, 5) is 15.3. The molecule has 2 aromatic carbocycles. The third kappa shape index (κ3) is 5.07. The van der Waals surface area contributed by atoms with E-state index in [0.29, 0.717) is 44.7 Å². The molecule has 38 heavy (non-hydrogen) atoms. The Morgan fingerprint density at radius 2 is 1.63 bits per heavy atom. The molecule has 0 saturated carbocycles. The van der Waals surface area contributed by atoms with Crippen LogP contribution in [0.2, 0.25) is 0 Å². The van der Waals surface area contributed by atoms with E-state index in [9.17, 15) is 13.2 Å². The zero-order chi connectivity index (χ0) is 27.0. The van der Waals surface area contributed by atoms with Crippen LogP contribution in [0.3, 0.4) is 0 Å². The normalized spacial score (nSPS) is 17.2. The number of aryl methyl sites for hydroxylation is 4. The summed E-state index contributed by atoms with van der Waals surface area (Å²) in [5.74, 6) is 0.194. The van der Waals surface area contributed by atoms with Crippen molar-refractivity contribution in [1.82, 2.24) is 14.4 Å². The van der Waals surface area contributed by atoms with Gasteiger partial charge in [-0.3, -0.25) is 4.79 Å². The number of fused-ring (bicyclic) bond motifs is 1. The minimum Gasteiger partial charge on any atom is -0.355 e. The van der Waals surface area contributed by atoms with Crippen LogP contribution in [0.5, 0.6) is 0 Å². The van der Waals surface area contributed by atoms with Crippen molar-refractivity contribution in [3.05, 3.63) is 81.2 Å². The van der Waals surface area contributed by atoms with Gasteiger partial charge in [0.1, 0.15) is 5.69 Å². The van der Waals surface area contributed by atoms with Gasteiger partial charge in [0.15, 0.2) is 10.7 Å². The predicted octanol–water partition coefficient (Wildman–Crippen LogP) is 5.06. The Bertz CT molecular complexity index is 1470. The highest BCUT2D eigenvalue weighted by molar-refractivity contribution is 7.89. The van der Waals surface area contributed by atoms with E-state index < -0.39 is 10.0 Å². The number of carbonyl (C=O) groups is 1. The van der Waals surface area contributed by atoms with E-state index >= 15 is 0 Å². The lowest BCUT2D eigenvalue weighted by atomic mass is 9.94. The van der Waals surface area contributed by atoms with Gasteiger partial charge in [-0.1, -0.05) is 53.2 Å². The minimum absolute atomic E-state index is 0.105. The van der Waals surface area contributed by atoms with Crippen molar-refractivity contribution < 1.29 is 17.7 Å². The molecule has 0 aliphatic carbocycles. The Morgan fingerprint density at radius 1 is 0.974 bits per heavy atom. The lowest BCUT2D eigenvalue weighted by Gasteiger charge is -2.35. The highest BCUT2D eigenvalue weighted by atomic mass is 32.2. The molecule has 0 radical (unpaired) electrons. The summed E-state index contributed by atoms with van der Waals surface area (Å²) in [7, 11) is -3.82. The zero-order valence-corrected chi connectivity index (χ0v) is 23.3. The molecule has 0 spiro atoms. The monoisotopic (exact) mass is 533 g/mol. The fourth-order valence-corrected chi connectivity index (χ4v) is 7.55. The van der Waals surface area contributed by atoms with Crippen molar-refractivity contribution in [3.8, 4) is 0 Å². The molecule has 0 bridgehead atoms. The summed E-state index contributed by atoms with van der Waals surface area (Å²) in [6.45, 7) is 9.72. The maximum Gasteiger partial charge on any atom is 0.248 e. The molecule has 0 unspecified atom stereocenters. The second kappa shape index (κ2) is 10.5. The molecule has 1 amide bonds. The second-order valence-electron chi connectivity index (χ2n) is 10.6. The summed E-state index contributed by atoms with van der Waals surface area (Å²) in [6, 6.07) is 12.5. The molecular formula is C30H35N3O4S. The number of nitrogens with zero attached hydrogens (tertiary/aromatic N) is 3. The van der Waals surface area contributed by atoms with E-state index in [-0.39, 0.29) is 22.5 Å². The van der Waals surface area contributed by atoms with Gasteiger partial charge < -0.3 is 9.42 Å². The van der Waals surface area contributed by atoms with Crippen LogP contribution in [0.4, 0.5) is 0 Å². The summed E-state index contributed by atoms with van der Waals surface area (Å²) in [5, 5.41) is 3.98. The third-order valence-corrected chi connectivity index (χ3v) is 9.87. The van der Waals surface area contributed by atoms with E-state index in [4.69, 9.17) is 4.52 Å². The molecule has 200 valence electrons. The van der Waals surface area contributed by atoms with Crippen LogP contribution in [0.25, 0.3) is 12.2 Å². The van der Waals surface area contributed by atoms with Gasteiger partial charge in [-0.25, -0.2) is 8.42 Å². The van der Waals surface area contributed by atoms with Crippen molar-refractivity contribution in [2.75, 3.05) is 19.6 Å². The molecule has 1 saturated heterocycles. The van der Waals surface area contributed by atoms with E-state index in [1.54, 1.807) is 13.0 Å². The molecule has 7 nitrogen and oxygen atoms in total. The standard InChI is InChI=1S/C30H35N3O4S/c1-20-17-21(2)27(22(3)18-20)9-10-28-29(23(4)31-37-28)38(35,36)33-15-12-25(13-16-33)30(34)32-14-11-24-7-5-6-8-26(24)19-32/h5-10,17-18,25H,11-16,19H2,1-4H3/b10-9+. The molecule has 1 fully saturated rings. The Morgan fingerprint density at radius 3 is 2.32 bits per heavy atom. The first-order valence-corrected chi connectivity index (χ1v) is 14.7. The van der Waals surface area contributed by atoms with Gasteiger partial charge in [0, 0.05) is 32.1 Å². The SMILES string of the molecule is Cc1cc(C)c(/C=C/c2onc(C)c2S(=O)(=O)N2CCC(C(=O)N3CCc4ccccc4C3)CC2)c(C)c1. The van der Waals surface area contributed by atoms with Crippen molar-refractivity contribution in [1.29, 1.82) is 0 Å². The molecule has 3 aromatic rings. The smallest absolute Gasteiger partial charge is 0.248 e. The van der Waals surface area contributed by atoms with Crippen LogP contribution in [0.15, 0.2) is 45.8 Å². The Kier molecular flexibility index (Phi) is 7.29. The van der Waals surface area contributed by atoms with Crippen LogP contribution in [-0.4, -0.2) is 48.3 Å². The quantitative estimate of drug-likeness (QED) is 0.458. The number of sulfonamides is 1. The van der Waals surface area contributed by atoms with Crippen molar-refractivity contribution in [2.24, 2.45) is 5.92 Å². The molecular weight excluding hydrogens is 498 g/mol. The molecule has 2 aliphatic rings. The van der Waals surface area contributed by atoms with E-state index in [2.05, 4.69) is 36.3 Å². The summed E-state index contributed by atoms with van der Waals surface area (Å²) in [6.07, 6.45) is 5.47. The lowest BCUT2D eigenvalue weighted by molar-refractivity contribution is -0.137. The van der Waals surface area contributed by atoms with Gasteiger partial charge in [-0.05, 0) is 80.9 Å². The number of piperidine rings is 1. The Balaban J connectivity index is 1.29. The maximum absolute atomic E-state index is 13.7. The molecule has 5 rings (SSSR count). The molecule has 2 aliphatic heterocycles. The summed E-state index contributed by atoms with van der Waals surface area (Å²) < 4.78 is 34.3. The highest BCUT2D eigenvalue weighted by Crippen LogP contribution is 2.31. The number of rotatable bonds is 5. The lowest BCUT2D eigenvalue weighted by Crippen LogP contribution is -2.45. The topological polar surface area (TPSA) is 83.7 Å². The number of amides is 1. The molecule has 3 heterocycles. The third-order valence-electron chi connectivity index (χ3n) is 7.82. The number of benzene rings is 2. The fourth-order valence-electron chi connectivity index (χ4n) is 5.83. The average molecular weight is 534 g/mol. The van der Waals surface area contributed by atoms with Crippen LogP contribution >= 0.6 is 0 Å². The molecule has 0 atom stereocenters. The van der Waals surface area contributed by atoms with Crippen LogP contribution < -0.4 is 0 Å². The van der Waals surface area contributed by atoms with Gasteiger partial charge in [0.05, 0.1) is 0 Å². The molecule has 8 heteroatoms. The van der Waals surface area contributed by atoms with Gasteiger partial charge in [-0.2, -0.15) is 4.31 Å². The Labute approximate surface area is 225 Å². The van der Waals surface area contributed by atoms with E-state index in [1.165, 1.54) is 21.0 Å². The first kappa shape index (κ1) is 26.4. The van der Waals surface area contributed by atoms with Gasteiger partial charge in [0.25, 0.3) is 0 Å².